The smallest absolute Gasteiger partial charge is 0.329 e. The van der Waals surface area contributed by atoms with Gasteiger partial charge in [-0.2, -0.15) is 0 Å². The Balaban J connectivity index is 2.46. The zero-order valence-corrected chi connectivity index (χ0v) is 13.6. The van der Waals surface area contributed by atoms with E-state index in [-0.39, 0.29) is 22.8 Å². The summed E-state index contributed by atoms with van der Waals surface area (Å²) in [6.45, 7) is 5.07. The van der Waals surface area contributed by atoms with Crippen LogP contribution in [0.2, 0.25) is 0 Å². The van der Waals surface area contributed by atoms with Crippen molar-refractivity contribution in [3.8, 4) is 0 Å². The summed E-state index contributed by atoms with van der Waals surface area (Å²) in [5.74, 6) is -0.728. The molecule has 1 aliphatic rings. The number of hydrogen-bond donors (Lipinski definition) is 2. The highest BCUT2D eigenvalue weighted by molar-refractivity contribution is 8.13. The van der Waals surface area contributed by atoms with Gasteiger partial charge in [0.05, 0.1) is 13.2 Å². The molecule has 0 aromatic carbocycles. The summed E-state index contributed by atoms with van der Waals surface area (Å²) in [7, 11) is 1.25. The van der Waals surface area contributed by atoms with Crippen LogP contribution in [-0.4, -0.2) is 41.9 Å². The second kappa shape index (κ2) is 8.07. The van der Waals surface area contributed by atoms with Crippen LogP contribution in [0.1, 0.15) is 33.6 Å². The molecular formula is C14H22N2O4S. The molecule has 0 radical (unpaired) electrons. The lowest BCUT2D eigenvalue weighted by molar-refractivity contribution is -0.144. The molecule has 21 heavy (non-hydrogen) atoms. The van der Waals surface area contributed by atoms with E-state index in [2.05, 4.69) is 15.4 Å². The highest BCUT2D eigenvalue weighted by atomic mass is 32.2. The molecule has 118 valence electrons. The maximum absolute atomic E-state index is 12.0. The number of methoxy groups -OCH3 is 1. The number of esters is 1. The van der Waals surface area contributed by atoms with Gasteiger partial charge >= 0.3 is 5.97 Å². The van der Waals surface area contributed by atoms with Crippen LogP contribution in [0.5, 0.6) is 0 Å². The zero-order chi connectivity index (χ0) is 16.0. The Morgan fingerprint density at radius 2 is 1.86 bits per heavy atom. The van der Waals surface area contributed by atoms with E-state index in [1.165, 1.54) is 19.6 Å². The van der Waals surface area contributed by atoms with Crippen LogP contribution < -0.4 is 10.6 Å². The van der Waals surface area contributed by atoms with Gasteiger partial charge in [-0.25, -0.2) is 4.79 Å². The molecule has 6 nitrogen and oxygen atoms in total. The molecule has 0 saturated heterocycles. The fourth-order valence-corrected chi connectivity index (χ4v) is 2.63. The molecule has 1 aliphatic carbocycles. The number of nitrogens with one attached hydrogen (secondary N) is 2. The summed E-state index contributed by atoms with van der Waals surface area (Å²) >= 11 is 1.01. The van der Waals surface area contributed by atoms with Crippen LogP contribution in [0.15, 0.2) is 11.3 Å². The summed E-state index contributed by atoms with van der Waals surface area (Å²) < 4.78 is 4.61. The van der Waals surface area contributed by atoms with Crippen LogP contribution in [0.4, 0.5) is 0 Å². The fourth-order valence-electron chi connectivity index (χ4n) is 1.77. The maximum atomic E-state index is 12.0. The summed E-state index contributed by atoms with van der Waals surface area (Å²) in [4.78, 5) is 34.6. The Morgan fingerprint density at radius 3 is 2.33 bits per heavy atom. The van der Waals surface area contributed by atoms with E-state index in [4.69, 9.17) is 0 Å². The van der Waals surface area contributed by atoms with Crippen molar-refractivity contribution in [2.45, 2.75) is 45.7 Å². The Labute approximate surface area is 129 Å². The first-order chi connectivity index (χ1) is 9.85. The molecule has 1 fully saturated rings. The van der Waals surface area contributed by atoms with Crippen molar-refractivity contribution in [3.05, 3.63) is 11.3 Å². The lowest BCUT2D eigenvalue weighted by Gasteiger charge is -2.17. The lowest BCUT2D eigenvalue weighted by atomic mass is 10.3. The Bertz CT molecular complexity index is 456. The summed E-state index contributed by atoms with van der Waals surface area (Å²) in [5, 5.41) is 5.56. The van der Waals surface area contributed by atoms with E-state index in [0.717, 1.165) is 30.3 Å². The average molecular weight is 314 g/mol. The van der Waals surface area contributed by atoms with Gasteiger partial charge in [-0.15, -0.1) is 0 Å². The molecule has 0 bridgehead atoms. The third-order valence-corrected chi connectivity index (χ3v) is 4.21. The highest BCUT2D eigenvalue weighted by Gasteiger charge is 2.24. The molecule has 0 spiro atoms. The van der Waals surface area contributed by atoms with Gasteiger partial charge in [0.15, 0.2) is 0 Å². The highest BCUT2D eigenvalue weighted by Crippen LogP contribution is 2.30. The first kappa shape index (κ1) is 17.6. The van der Waals surface area contributed by atoms with Crippen molar-refractivity contribution < 1.29 is 19.1 Å². The molecule has 2 atom stereocenters. The Hall–Kier alpha value is -1.50. The lowest BCUT2D eigenvalue weighted by Crippen LogP contribution is -2.43. The van der Waals surface area contributed by atoms with Crippen LogP contribution >= 0.6 is 11.8 Å². The van der Waals surface area contributed by atoms with Gasteiger partial charge in [0, 0.05) is 18.4 Å². The molecule has 0 aliphatic heterocycles. The molecule has 0 aromatic rings. The molecule has 7 heteroatoms. The number of rotatable bonds is 7. The van der Waals surface area contributed by atoms with Crippen molar-refractivity contribution in [1.29, 1.82) is 0 Å². The van der Waals surface area contributed by atoms with Gasteiger partial charge in [-0.3, -0.25) is 9.59 Å². The topological polar surface area (TPSA) is 84.5 Å². The van der Waals surface area contributed by atoms with Gasteiger partial charge in [0.2, 0.25) is 11.0 Å². The minimum atomic E-state index is -0.809. The first-order valence-corrected chi connectivity index (χ1v) is 7.80. The SMILES string of the molecule is COC(=O)C(CSC(=O)C(C)NC(C)=C1CC1)NC(C)=O. The minimum absolute atomic E-state index is 0.0742. The number of allylic oxidation sites excluding steroid dienone is 2. The zero-order valence-electron chi connectivity index (χ0n) is 12.8. The number of thioether (sulfide) groups is 1. The maximum Gasteiger partial charge on any atom is 0.329 e. The second-order valence-corrected chi connectivity index (χ2v) is 6.03. The van der Waals surface area contributed by atoms with Gasteiger partial charge in [0.25, 0.3) is 0 Å². The van der Waals surface area contributed by atoms with Crippen molar-refractivity contribution in [3.63, 3.8) is 0 Å². The Kier molecular flexibility index (Phi) is 6.74. The predicted octanol–water partition coefficient (Wildman–Crippen LogP) is 0.970. The van der Waals surface area contributed by atoms with Gasteiger partial charge in [-0.1, -0.05) is 17.3 Å². The summed E-state index contributed by atoms with van der Waals surface area (Å²) in [6.07, 6.45) is 2.19. The van der Waals surface area contributed by atoms with E-state index in [1.54, 1.807) is 6.92 Å². The third kappa shape index (κ3) is 6.20. The van der Waals surface area contributed by atoms with Gasteiger partial charge in [0.1, 0.15) is 6.04 Å². The molecule has 0 heterocycles. The van der Waals surface area contributed by atoms with E-state index in [9.17, 15) is 14.4 Å². The van der Waals surface area contributed by atoms with Crippen LogP contribution in [0, 0.1) is 0 Å². The molecule has 0 aromatic heterocycles. The quantitative estimate of drug-likeness (QED) is 0.681. The fraction of sp³-hybridized carbons (Fsp3) is 0.643. The van der Waals surface area contributed by atoms with E-state index >= 15 is 0 Å². The minimum Gasteiger partial charge on any atom is -0.467 e. The molecule has 2 N–H and O–H groups in total. The largest absolute Gasteiger partial charge is 0.467 e. The van der Waals surface area contributed by atoms with Crippen molar-refractivity contribution in [2.24, 2.45) is 0 Å². The molecule has 2 unspecified atom stereocenters. The number of amides is 1. The van der Waals surface area contributed by atoms with Crippen molar-refractivity contribution in [1.82, 2.24) is 10.6 Å². The predicted molar refractivity (Wildman–Crippen MR) is 81.6 cm³/mol. The standard InChI is InChI=1S/C14H22N2O4S/c1-8(11-5-6-11)15-9(2)14(19)21-7-12(13(18)20-4)16-10(3)17/h9,12,15H,5-7H2,1-4H3,(H,16,17). The second-order valence-electron chi connectivity index (χ2n) is 5.00. The van der Waals surface area contributed by atoms with Crippen molar-refractivity contribution in [2.75, 3.05) is 12.9 Å². The number of carbonyl (C=O) groups excluding carboxylic acids is 3. The summed E-state index contributed by atoms with van der Waals surface area (Å²) in [5.41, 5.74) is 2.41. The average Bonchev–Trinajstić information content (AvgIpc) is 3.25. The number of carbonyl (C=O) groups is 3. The monoisotopic (exact) mass is 314 g/mol. The van der Waals surface area contributed by atoms with E-state index in [1.807, 2.05) is 6.92 Å². The van der Waals surface area contributed by atoms with E-state index in [0.29, 0.717) is 0 Å². The number of hydrogen-bond acceptors (Lipinski definition) is 6. The van der Waals surface area contributed by atoms with Crippen molar-refractivity contribution >= 4 is 28.8 Å². The first-order valence-electron chi connectivity index (χ1n) is 6.81. The molecule has 1 amide bonds. The van der Waals surface area contributed by atoms with E-state index < -0.39 is 12.0 Å². The Morgan fingerprint density at radius 1 is 1.24 bits per heavy atom. The third-order valence-electron chi connectivity index (χ3n) is 3.07. The molecule has 1 rings (SSSR count). The normalized spacial score (nSPS) is 15.7. The number of ether oxygens (including phenoxy) is 1. The van der Waals surface area contributed by atoms with Crippen LogP contribution in [-0.2, 0) is 19.1 Å². The van der Waals surface area contributed by atoms with Crippen LogP contribution in [0.3, 0.4) is 0 Å². The summed E-state index contributed by atoms with van der Waals surface area (Å²) in [6, 6.07) is -1.14. The molecular weight excluding hydrogens is 292 g/mol. The van der Waals surface area contributed by atoms with Gasteiger partial charge in [-0.05, 0) is 26.7 Å². The molecule has 1 saturated carbocycles. The van der Waals surface area contributed by atoms with Crippen LogP contribution in [0.25, 0.3) is 0 Å². The van der Waals surface area contributed by atoms with Gasteiger partial charge < -0.3 is 15.4 Å².